The van der Waals surface area contributed by atoms with Gasteiger partial charge in [0.25, 0.3) is 0 Å². The molecule has 3 fully saturated rings. The van der Waals surface area contributed by atoms with Gasteiger partial charge in [-0.3, -0.25) is 13.9 Å². The van der Waals surface area contributed by atoms with E-state index in [1.54, 1.807) is 6.92 Å². The van der Waals surface area contributed by atoms with E-state index in [2.05, 4.69) is 5.32 Å². The van der Waals surface area contributed by atoms with Crippen molar-refractivity contribution in [2.75, 3.05) is 13.2 Å². The van der Waals surface area contributed by atoms with Crippen LogP contribution in [0.25, 0.3) is 0 Å². The number of carbonyl (C=O) groups is 1. The molecular formula is C22H45N5O16S. The van der Waals surface area contributed by atoms with Crippen LogP contribution in [0, 0.1) is 0 Å². The van der Waals surface area contributed by atoms with Gasteiger partial charge < -0.3 is 82.9 Å². The fourth-order valence-corrected chi connectivity index (χ4v) is 5.04. The molecule has 1 saturated carbocycles. The largest absolute Gasteiger partial charge is 0.394 e. The number of amides is 1. The zero-order chi connectivity index (χ0) is 33.7. The fourth-order valence-electron chi connectivity index (χ4n) is 5.04. The fraction of sp³-hybridized carbons (Fsp3) is 0.955. The van der Waals surface area contributed by atoms with Gasteiger partial charge in [0.1, 0.15) is 61.0 Å². The molecule has 0 aromatic heterocycles. The second-order valence-corrected chi connectivity index (χ2v) is 11.7. The van der Waals surface area contributed by atoms with Gasteiger partial charge in [-0.05, 0) is 26.3 Å². The summed E-state index contributed by atoms with van der Waals surface area (Å²) in [5, 5.41) is 74.5. The van der Waals surface area contributed by atoms with Crippen LogP contribution >= 0.6 is 0 Å². The minimum atomic E-state index is -4.67. The predicted octanol–water partition coefficient (Wildman–Crippen LogP) is -8.05. The van der Waals surface area contributed by atoms with Gasteiger partial charge in [0.2, 0.25) is 5.91 Å². The summed E-state index contributed by atoms with van der Waals surface area (Å²) < 4.78 is 54.5. The predicted molar refractivity (Wildman–Crippen MR) is 144 cm³/mol. The molecular weight excluding hydrogens is 622 g/mol. The molecule has 2 saturated heterocycles. The van der Waals surface area contributed by atoms with Crippen molar-refractivity contribution in [3.8, 4) is 0 Å². The summed E-state index contributed by atoms with van der Waals surface area (Å²) in [6.07, 6.45) is -17.0. The quantitative estimate of drug-likeness (QED) is 0.0961. The molecule has 0 aromatic carbocycles. The Morgan fingerprint density at radius 1 is 0.955 bits per heavy atom. The average molecular weight is 668 g/mol. The van der Waals surface area contributed by atoms with Crippen LogP contribution in [-0.2, 0) is 34.1 Å². The molecule has 16 atom stereocenters. The molecule has 18 N–H and O–H groups in total. The average Bonchev–Trinajstić information content (AvgIpc) is 3.21. The van der Waals surface area contributed by atoms with Crippen LogP contribution in [-0.4, -0.2) is 170 Å². The zero-order valence-electron chi connectivity index (χ0n) is 23.7. The van der Waals surface area contributed by atoms with E-state index in [1.807, 2.05) is 0 Å². The van der Waals surface area contributed by atoms with Gasteiger partial charge in [-0.15, -0.1) is 0 Å². The van der Waals surface area contributed by atoms with Crippen LogP contribution in [0.15, 0.2) is 0 Å². The van der Waals surface area contributed by atoms with E-state index >= 15 is 0 Å². The normalized spacial score (nSPS) is 42.6. The molecule has 2 aliphatic heterocycles. The van der Waals surface area contributed by atoms with Gasteiger partial charge in [-0.2, -0.15) is 8.42 Å². The third-order valence-electron chi connectivity index (χ3n) is 7.38. The van der Waals surface area contributed by atoms with Crippen molar-refractivity contribution >= 4 is 16.3 Å². The van der Waals surface area contributed by atoms with E-state index < -0.39 is 121 Å². The molecule has 260 valence electrons. The van der Waals surface area contributed by atoms with E-state index in [-0.39, 0.29) is 19.4 Å². The molecule has 44 heavy (non-hydrogen) atoms. The minimum Gasteiger partial charge on any atom is -0.394 e. The summed E-state index contributed by atoms with van der Waals surface area (Å²) in [4.78, 5) is 12.4. The summed E-state index contributed by atoms with van der Waals surface area (Å²) in [6, 6.07) is -4.04. The Morgan fingerprint density at radius 2 is 1.52 bits per heavy atom. The number of nitrogens with one attached hydrogen (secondary N) is 1. The molecule has 3 rings (SSSR count). The highest BCUT2D eigenvalue weighted by Gasteiger charge is 2.53. The molecule has 3 aliphatic rings. The van der Waals surface area contributed by atoms with Crippen LogP contribution in [0.2, 0.25) is 0 Å². The molecule has 0 bridgehead atoms. The lowest BCUT2D eigenvalue weighted by atomic mass is 9.83. The molecule has 2 heterocycles. The molecule has 0 unspecified atom stereocenters. The highest BCUT2D eigenvalue weighted by molar-refractivity contribution is 7.79. The van der Waals surface area contributed by atoms with Gasteiger partial charge in [-0.1, -0.05) is 0 Å². The summed E-state index contributed by atoms with van der Waals surface area (Å²) in [6.45, 7) is 0.930. The number of nitrogens with two attached hydrogens (primary N) is 4. The van der Waals surface area contributed by atoms with Crippen molar-refractivity contribution in [2.24, 2.45) is 22.9 Å². The Kier molecular flexibility index (Phi) is 14.6. The molecule has 1 amide bonds. The summed E-state index contributed by atoms with van der Waals surface area (Å²) in [5.41, 5.74) is 23.6. The lowest BCUT2D eigenvalue weighted by molar-refractivity contribution is -0.310. The number of rotatable bonds is 10. The third-order valence-corrected chi connectivity index (χ3v) is 7.38. The number of aliphatic hydroxyl groups is 7. The maximum absolute atomic E-state index is 12.4. The molecule has 0 spiro atoms. The number of hydrogen-bond acceptors (Lipinski definition) is 18. The van der Waals surface area contributed by atoms with E-state index in [9.17, 15) is 40.5 Å². The van der Waals surface area contributed by atoms with Crippen LogP contribution < -0.4 is 28.3 Å². The SMILES string of the molecule is C[C@H](N)[C@H]1O[C@@H](O[C@@H]2[C@@H](O)[C@H](NC(=O)[C@@H](O)CCN)C[C@H](N)[C@H]2O[C@H]2O[C@H](CO)[C@@H](O)[C@H](O)[C@H]2N)[C@H](O)[C@@H]1O.O=S(=O)(O)O. The van der Waals surface area contributed by atoms with Crippen molar-refractivity contribution in [3.63, 3.8) is 0 Å². The van der Waals surface area contributed by atoms with Crippen LogP contribution in [0.1, 0.15) is 19.8 Å². The second kappa shape index (κ2) is 16.5. The molecule has 0 radical (unpaired) electrons. The molecule has 21 nitrogen and oxygen atoms in total. The first-order valence-electron chi connectivity index (χ1n) is 13.6. The number of carbonyl (C=O) groups excluding carboxylic acids is 1. The Labute approximate surface area is 252 Å². The smallest absolute Gasteiger partial charge is 0.394 e. The maximum Gasteiger partial charge on any atom is 0.394 e. The Morgan fingerprint density at radius 3 is 2.02 bits per heavy atom. The van der Waals surface area contributed by atoms with E-state index in [0.29, 0.717) is 0 Å². The first kappa shape index (κ1) is 38.9. The van der Waals surface area contributed by atoms with Gasteiger partial charge >= 0.3 is 10.4 Å². The lowest BCUT2D eigenvalue weighted by Crippen LogP contribution is -2.69. The number of aliphatic hydroxyl groups excluding tert-OH is 7. The van der Waals surface area contributed by atoms with E-state index in [1.165, 1.54) is 0 Å². The van der Waals surface area contributed by atoms with Gasteiger partial charge in [-0.25, -0.2) is 0 Å². The van der Waals surface area contributed by atoms with Crippen LogP contribution in [0.4, 0.5) is 0 Å². The summed E-state index contributed by atoms with van der Waals surface area (Å²) in [5.74, 6) is -0.806. The Bertz CT molecular complexity index is 1010. The van der Waals surface area contributed by atoms with Gasteiger partial charge in [0.05, 0.1) is 18.7 Å². The number of ether oxygens (including phenoxy) is 4. The minimum absolute atomic E-state index is 0.0257. The summed E-state index contributed by atoms with van der Waals surface area (Å²) in [7, 11) is -4.67. The Hall–Kier alpha value is -1.26. The highest BCUT2D eigenvalue weighted by Crippen LogP contribution is 2.33. The first-order chi connectivity index (χ1) is 20.3. The molecule has 22 heteroatoms. The number of hydrogen-bond donors (Lipinski definition) is 14. The third kappa shape index (κ3) is 10.1. The standard InChI is InChI=1S/C22H43N5O12.H2O4S/c1-6(24)17-15(33)16(34)22(37-17)39-19-12(30)8(27-20(35)9(29)2-3-23)4-7(25)18(19)38-21-11(26)14(32)13(31)10(5-28)36-21;1-5(2,3)4/h6-19,21-22,28-34H,2-5,23-26H2,1H3,(H,27,35);(H2,1,2,3,4)/t6-,7-,8+,9-,10+,11+,12-,13+,14+,15-,16+,17+,18+,19+,21+,22-;/m0./s1. The van der Waals surface area contributed by atoms with Crippen LogP contribution in [0.3, 0.4) is 0 Å². The van der Waals surface area contributed by atoms with Crippen molar-refractivity contribution < 1.29 is 77.0 Å². The van der Waals surface area contributed by atoms with Crippen LogP contribution in [0.5, 0.6) is 0 Å². The van der Waals surface area contributed by atoms with Crippen molar-refractivity contribution in [1.29, 1.82) is 0 Å². The second-order valence-electron chi connectivity index (χ2n) is 10.8. The highest BCUT2D eigenvalue weighted by atomic mass is 32.3. The van der Waals surface area contributed by atoms with E-state index in [0.717, 1.165) is 0 Å². The molecule has 0 aromatic rings. The monoisotopic (exact) mass is 667 g/mol. The van der Waals surface area contributed by atoms with E-state index in [4.69, 9.17) is 59.4 Å². The maximum atomic E-state index is 12.4. The zero-order valence-corrected chi connectivity index (χ0v) is 24.5. The van der Waals surface area contributed by atoms with Crippen molar-refractivity contribution in [1.82, 2.24) is 5.32 Å². The van der Waals surface area contributed by atoms with Gasteiger partial charge in [0.15, 0.2) is 12.6 Å². The Balaban J connectivity index is 0.00000125. The lowest BCUT2D eigenvalue weighted by Gasteiger charge is -2.47. The molecule has 1 aliphatic carbocycles. The first-order valence-corrected chi connectivity index (χ1v) is 15.0. The van der Waals surface area contributed by atoms with Crippen molar-refractivity contribution in [3.05, 3.63) is 0 Å². The summed E-state index contributed by atoms with van der Waals surface area (Å²) >= 11 is 0. The van der Waals surface area contributed by atoms with Gasteiger partial charge in [0, 0.05) is 12.1 Å². The van der Waals surface area contributed by atoms with Crippen molar-refractivity contribution in [2.45, 2.75) is 118 Å². The topological polar surface area (TPSA) is 386 Å².